The molecule has 0 fully saturated rings. The molecule has 16 nitrogen and oxygen atoms in total. The summed E-state index contributed by atoms with van der Waals surface area (Å²) in [4.78, 5) is 60.1. The van der Waals surface area contributed by atoms with Gasteiger partial charge in [-0.25, -0.2) is 9.13 Å². The number of phosphoric ester groups is 2. The van der Waals surface area contributed by atoms with Crippen LogP contribution in [-0.4, -0.2) is 97.4 Å². The Bertz CT molecular complexity index is 2190. The predicted octanol–water partition coefficient (Wildman–Crippen LogP) is 23.3. The predicted molar refractivity (Wildman–Crippen MR) is 408 cm³/mol. The van der Waals surface area contributed by atoms with E-state index in [9.17, 15) is 38.4 Å². The van der Waals surface area contributed by atoms with Crippen molar-refractivity contribution in [2.45, 2.75) is 354 Å². The molecule has 0 aromatic heterocycles. The largest absolute Gasteiger partial charge is 0.472 e. The van der Waals surface area contributed by atoms with Crippen LogP contribution >= 0.6 is 15.6 Å². The molecule has 3 N–H and O–H groups in total. The molecule has 0 aromatic carbocycles. The minimum atomic E-state index is -4.95. The first-order chi connectivity index (χ1) is 48.3. The Labute approximate surface area is 603 Å². The van der Waals surface area contributed by atoms with Gasteiger partial charge in [-0.3, -0.25) is 32.5 Å². The Hall–Kier alpha value is -3.53. The summed E-state index contributed by atoms with van der Waals surface area (Å²) in [5.41, 5.74) is 0. The van der Waals surface area contributed by atoms with Crippen LogP contribution in [0.1, 0.15) is 336 Å². The summed E-state index contributed by atoms with van der Waals surface area (Å²) in [7, 11) is -9.84. The monoisotopic (exact) mass is 1430 g/mol. The van der Waals surface area contributed by atoms with Crippen LogP contribution < -0.4 is 0 Å². The molecular formula is C81H144O16P2. The van der Waals surface area contributed by atoms with Gasteiger partial charge in [0.25, 0.3) is 0 Å². The summed E-state index contributed by atoms with van der Waals surface area (Å²) in [6.45, 7) is 5.83. The lowest BCUT2D eigenvalue weighted by molar-refractivity contribution is -0.161. The van der Waals surface area contributed by atoms with Crippen molar-refractivity contribution in [3.8, 4) is 0 Å². The highest BCUT2D eigenvalue weighted by molar-refractivity contribution is 7.47. The molecule has 0 saturated carbocycles. The Morgan fingerprint density at radius 1 is 0.303 bits per heavy atom. The number of unbranched alkanes of at least 4 members (excludes halogenated alkanes) is 33. The lowest BCUT2D eigenvalue weighted by Gasteiger charge is -2.21. The fraction of sp³-hybridized carbons (Fsp3) is 0.765. The van der Waals surface area contributed by atoms with E-state index in [1.807, 2.05) is 0 Å². The van der Waals surface area contributed by atoms with Crippen molar-refractivity contribution in [3.05, 3.63) is 97.2 Å². The van der Waals surface area contributed by atoms with E-state index in [4.69, 9.17) is 37.0 Å². The van der Waals surface area contributed by atoms with Crippen LogP contribution in [0, 0.1) is 0 Å². The summed E-state index contributed by atoms with van der Waals surface area (Å²) in [5.74, 6) is -1.58. The van der Waals surface area contributed by atoms with Crippen LogP contribution in [0.3, 0.4) is 0 Å². The van der Waals surface area contributed by atoms with Gasteiger partial charge in [0.1, 0.15) is 18.8 Å². The number of esters is 3. The summed E-state index contributed by atoms with van der Waals surface area (Å²) < 4.78 is 69.2. The van der Waals surface area contributed by atoms with Crippen LogP contribution in [0.25, 0.3) is 0 Å². The fourth-order valence-electron chi connectivity index (χ4n) is 10.5. The van der Waals surface area contributed by atoms with E-state index >= 15 is 0 Å². The third-order valence-corrected chi connectivity index (χ3v) is 18.4. The molecule has 0 aliphatic rings. The highest BCUT2D eigenvalue weighted by atomic mass is 31.2. The van der Waals surface area contributed by atoms with Gasteiger partial charge in [0.2, 0.25) is 0 Å². The second kappa shape index (κ2) is 74.2. The average molecular weight is 1440 g/mol. The topological polar surface area (TPSA) is 220 Å². The van der Waals surface area contributed by atoms with Gasteiger partial charge >= 0.3 is 33.6 Å². The first kappa shape index (κ1) is 95.5. The van der Waals surface area contributed by atoms with E-state index < -0.39 is 84.9 Å². The number of carbonyl (C=O) groups is 3. The minimum absolute atomic E-state index is 0.0817. The first-order valence-corrected chi connectivity index (χ1v) is 42.5. The van der Waals surface area contributed by atoms with Gasteiger partial charge in [-0.05, 0) is 154 Å². The molecule has 0 heterocycles. The molecule has 0 amide bonds. The van der Waals surface area contributed by atoms with Gasteiger partial charge in [0.15, 0.2) is 6.10 Å². The molecule has 0 bridgehead atoms. The molecule has 0 aliphatic carbocycles. The fourth-order valence-corrected chi connectivity index (χ4v) is 12.0. The molecule has 0 rings (SSSR count). The number of phosphoric acid groups is 2. The molecular weight excluding hydrogens is 1290 g/mol. The maximum Gasteiger partial charge on any atom is 0.472 e. The maximum absolute atomic E-state index is 13.1. The zero-order valence-electron chi connectivity index (χ0n) is 62.9. The number of hydrogen-bond acceptors (Lipinski definition) is 14. The first-order valence-electron chi connectivity index (χ1n) is 39.5. The summed E-state index contributed by atoms with van der Waals surface area (Å²) >= 11 is 0. The molecule has 0 saturated heterocycles. The number of hydrogen-bond donors (Lipinski definition) is 3. The molecule has 5 unspecified atom stereocenters. The number of aliphatic hydroxyl groups excluding tert-OH is 1. The molecule has 0 spiro atoms. The zero-order chi connectivity index (χ0) is 72.3. The van der Waals surface area contributed by atoms with Crippen molar-refractivity contribution in [2.75, 3.05) is 46.2 Å². The van der Waals surface area contributed by atoms with Crippen LogP contribution in [0.5, 0.6) is 0 Å². The van der Waals surface area contributed by atoms with E-state index in [0.717, 1.165) is 167 Å². The highest BCUT2D eigenvalue weighted by Gasteiger charge is 2.30. The van der Waals surface area contributed by atoms with Gasteiger partial charge in [-0.15, -0.1) is 0 Å². The highest BCUT2D eigenvalue weighted by Crippen LogP contribution is 2.45. The Morgan fingerprint density at radius 3 is 0.869 bits per heavy atom. The summed E-state index contributed by atoms with van der Waals surface area (Å²) in [6.07, 6.45) is 79.7. The van der Waals surface area contributed by atoms with Crippen molar-refractivity contribution in [1.29, 1.82) is 0 Å². The van der Waals surface area contributed by atoms with Crippen molar-refractivity contribution in [1.82, 2.24) is 0 Å². The van der Waals surface area contributed by atoms with Crippen LogP contribution in [0.4, 0.5) is 0 Å². The number of allylic oxidation sites excluding steroid dienone is 16. The lowest BCUT2D eigenvalue weighted by Crippen LogP contribution is -2.30. The normalized spacial score (nSPS) is 14.5. The number of carbonyl (C=O) groups excluding carboxylic acids is 3. The van der Waals surface area contributed by atoms with E-state index in [0.29, 0.717) is 25.9 Å². The molecule has 99 heavy (non-hydrogen) atoms. The van der Waals surface area contributed by atoms with Crippen molar-refractivity contribution in [2.24, 2.45) is 0 Å². The van der Waals surface area contributed by atoms with Crippen LogP contribution in [-0.2, 0) is 60.6 Å². The molecule has 18 heteroatoms. The SMILES string of the molecule is CCCCCC/C=C/C/C=C\CCCCCCCOCC(COP(=O)(O)OCC(O)COP(=O)(O)OCC(COC(=O)CCCCCC/C=C/C/C=C/CCCCCC)OC(=O)CCCCCC/C=C/C/C=C/CCCCCC)OC(=O)CCCCCC/C=C/C/C=C/CCCCCC. The zero-order valence-corrected chi connectivity index (χ0v) is 64.7. The summed E-state index contributed by atoms with van der Waals surface area (Å²) in [6, 6.07) is 0. The standard InChI is InChI=1S/C81H144O16P2/c1-5-9-13-17-21-25-29-33-37-41-45-49-53-57-61-65-69-90-72-77(96-80(84)67-63-59-55-51-47-43-39-35-31-27-23-19-15-11-7-3)74-94-98(86,87)92-70-76(82)71-93-99(88,89)95-75-78(97-81(85)68-64-60-56-52-48-44-40-36-32-28-24-20-16-12-8-4)73-91-79(83)66-62-58-54-50-46-42-38-34-30-26-22-18-14-10-6-2/h25-32,37-44,76-78,82H,5-24,33-36,45-75H2,1-4H3,(H,86,87)(H,88,89)/b29-25+,30-26+,31-27+,32-28+,41-37-,42-38+,43-39+,44-40+. The Balaban J connectivity index is 5.34. The van der Waals surface area contributed by atoms with Gasteiger partial charge in [-0.2, -0.15) is 0 Å². The molecule has 5 atom stereocenters. The van der Waals surface area contributed by atoms with Crippen molar-refractivity contribution < 1.29 is 75.4 Å². The van der Waals surface area contributed by atoms with Gasteiger partial charge in [0.05, 0.1) is 33.0 Å². The van der Waals surface area contributed by atoms with Crippen molar-refractivity contribution in [3.63, 3.8) is 0 Å². The molecule has 574 valence electrons. The Morgan fingerprint density at radius 2 is 0.556 bits per heavy atom. The van der Waals surface area contributed by atoms with Gasteiger partial charge in [-0.1, -0.05) is 260 Å². The average Bonchev–Trinajstić information content (AvgIpc) is 1.03. The minimum Gasteiger partial charge on any atom is -0.462 e. The lowest BCUT2D eigenvalue weighted by atomic mass is 10.1. The van der Waals surface area contributed by atoms with Crippen LogP contribution in [0.2, 0.25) is 0 Å². The number of rotatable bonds is 75. The van der Waals surface area contributed by atoms with Crippen molar-refractivity contribution >= 4 is 33.6 Å². The van der Waals surface area contributed by atoms with E-state index in [-0.39, 0.29) is 25.9 Å². The third-order valence-electron chi connectivity index (χ3n) is 16.5. The van der Waals surface area contributed by atoms with Crippen LogP contribution in [0.15, 0.2) is 97.2 Å². The van der Waals surface area contributed by atoms with E-state index in [1.54, 1.807) is 0 Å². The molecule has 0 aliphatic heterocycles. The second-order valence-electron chi connectivity index (χ2n) is 26.3. The second-order valence-corrected chi connectivity index (χ2v) is 29.2. The van der Waals surface area contributed by atoms with E-state index in [2.05, 4.69) is 125 Å². The molecule has 0 aromatic rings. The molecule has 0 radical (unpaired) electrons. The quantitative estimate of drug-likeness (QED) is 0.0169. The number of aliphatic hydroxyl groups is 1. The number of ether oxygens (including phenoxy) is 4. The van der Waals surface area contributed by atoms with Gasteiger partial charge in [0, 0.05) is 25.9 Å². The van der Waals surface area contributed by atoms with E-state index in [1.165, 1.54) is 103 Å². The Kier molecular flexibility index (Phi) is 71.6. The third kappa shape index (κ3) is 74.0. The smallest absolute Gasteiger partial charge is 0.462 e. The van der Waals surface area contributed by atoms with Gasteiger partial charge < -0.3 is 33.8 Å². The summed E-state index contributed by atoms with van der Waals surface area (Å²) in [5, 5.41) is 10.6. The maximum atomic E-state index is 13.1.